The first-order chi connectivity index (χ1) is 10.1. The van der Waals surface area contributed by atoms with Crippen molar-refractivity contribution in [3.8, 4) is 0 Å². The molecule has 3 amide bonds. The van der Waals surface area contributed by atoms with Crippen LogP contribution in [0.15, 0.2) is 35.5 Å². The Morgan fingerprint density at radius 3 is 2.90 bits per heavy atom. The average molecular weight is 291 g/mol. The Balaban J connectivity index is 1.99. The van der Waals surface area contributed by atoms with Gasteiger partial charge in [-0.25, -0.2) is 9.18 Å². The fraction of sp³-hybridized carbons (Fsp3) is 0.286. The Bertz CT molecular complexity index is 644. The maximum absolute atomic E-state index is 13.4. The van der Waals surface area contributed by atoms with E-state index < -0.39 is 17.9 Å². The predicted molar refractivity (Wildman–Crippen MR) is 71.5 cm³/mol. The molecule has 0 saturated carbocycles. The van der Waals surface area contributed by atoms with Crippen LogP contribution in [0.4, 0.5) is 9.18 Å². The van der Waals surface area contributed by atoms with Crippen molar-refractivity contribution in [1.82, 2.24) is 15.5 Å². The van der Waals surface area contributed by atoms with Crippen molar-refractivity contribution in [1.29, 1.82) is 0 Å². The summed E-state index contributed by atoms with van der Waals surface area (Å²) in [5.41, 5.74) is 1.41. The van der Waals surface area contributed by atoms with Gasteiger partial charge in [-0.1, -0.05) is 12.1 Å². The molecule has 2 aliphatic rings. The van der Waals surface area contributed by atoms with Crippen LogP contribution in [-0.4, -0.2) is 41.6 Å². The van der Waals surface area contributed by atoms with Crippen LogP contribution in [0.2, 0.25) is 0 Å². The highest BCUT2D eigenvalue weighted by atomic mass is 19.1. The van der Waals surface area contributed by atoms with Crippen LogP contribution >= 0.6 is 0 Å². The van der Waals surface area contributed by atoms with Crippen molar-refractivity contribution in [3.63, 3.8) is 0 Å². The maximum atomic E-state index is 13.4. The number of nitrogens with zero attached hydrogens (tertiary/aromatic N) is 1. The van der Waals surface area contributed by atoms with E-state index in [-0.39, 0.29) is 25.6 Å². The van der Waals surface area contributed by atoms with E-state index in [1.165, 1.54) is 23.1 Å². The highest BCUT2D eigenvalue weighted by Gasteiger charge is 2.40. The van der Waals surface area contributed by atoms with Crippen LogP contribution < -0.4 is 10.6 Å². The molecule has 21 heavy (non-hydrogen) atoms. The first kappa shape index (κ1) is 13.6. The SMILES string of the molecule is O=C1NC2=C(C(=O)N(CCO)C2)C(c2cccc(F)c2)N1. The van der Waals surface area contributed by atoms with Gasteiger partial charge < -0.3 is 20.6 Å². The molecule has 1 unspecified atom stereocenters. The molecule has 2 heterocycles. The molecule has 0 bridgehead atoms. The van der Waals surface area contributed by atoms with Crippen LogP contribution in [-0.2, 0) is 4.79 Å². The van der Waals surface area contributed by atoms with Crippen molar-refractivity contribution < 1.29 is 19.1 Å². The molecular weight excluding hydrogens is 277 g/mol. The summed E-state index contributed by atoms with van der Waals surface area (Å²) in [5.74, 6) is -0.694. The molecule has 0 aliphatic carbocycles. The molecule has 3 rings (SSSR count). The fourth-order valence-corrected chi connectivity index (χ4v) is 2.67. The van der Waals surface area contributed by atoms with Gasteiger partial charge >= 0.3 is 6.03 Å². The van der Waals surface area contributed by atoms with Gasteiger partial charge in [0.2, 0.25) is 0 Å². The second-order valence-corrected chi connectivity index (χ2v) is 4.93. The third-order valence-corrected chi connectivity index (χ3v) is 3.57. The summed E-state index contributed by atoms with van der Waals surface area (Å²) in [5, 5.41) is 14.2. The topological polar surface area (TPSA) is 81.7 Å². The largest absolute Gasteiger partial charge is 0.395 e. The third-order valence-electron chi connectivity index (χ3n) is 3.57. The molecule has 3 N–H and O–H groups in total. The van der Waals surface area contributed by atoms with E-state index in [1.807, 2.05) is 0 Å². The molecule has 0 radical (unpaired) electrons. The van der Waals surface area contributed by atoms with Gasteiger partial charge in [0.05, 0.1) is 30.5 Å². The second-order valence-electron chi connectivity index (χ2n) is 4.93. The molecule has 7 heteroatoms. The lowest BCUT2D eigenvalue weighted by atomic mass is 9.96. The number of halogens is 1. The number of amides is 3. The average Bonchev–Trinajstić information content (AvgIpc) is 2.75. The van der Waals surface area contributed by atoms with Gasteiger partial charge in [0.25, 0.3) is 5.91 Å². The minimum absolute atomic E-state index is 0.154. The molecule has 6 nitrogen and oxygen atoms in total. The molecule has 1 atom stereocenters. The Morgan fingerprint density at radius 2 is 2.19 bits per heavy atom. The standard InChI is InChI=1S/C14H14FN3O3/c15-9-3-1-2-8(6-9)12-11-10(16-14(21)17-12)7-18(4-5-19)13(11)20/h1-3,6,12,19H,4-5,7H2,(H2,16,17,21). The van der Waals surface area contributed by atoms with E-state index in [4.69, 9.17) is 5.11 Å². The summed E-state index contributed by atoms with van der Waals surface area (Å²) in [6, 6.07) is 4.68. The summed E-state index contributed by atoms with van der Waals surface area (Å²) in [6.45, 7) is 0.282. The number of carbonyl (C=O) groups is 2. The molecule has 2 aliphatic heterocycles. The van der Waals surface area contributed by atoms with E-state index >= 15 is 0 Å². The van der Waals surface area contributed by atoms with Gasteiger partial charge in [0.1, 0.15) is 5.82 Å². The zero-order valence-corrected chi connectivity index (χ0v) is 11.1. The Hall–Kier alpha value is -2.41. The number of β-amino-alcohol motifs (C(OH)–C–C–N with tert-alkyl or cyclic N) is 1. The van der Waals surface area contributed by atoms with Gasteiger partial charge in [0, 0.05) is 6.54 Å². The molecule has 0 fully saturated rings. The predicted octanol–water partition coefficient (Wildman–Crippen LogP) is 0.268. The van der Waals surface area contributed by atoms with Crippen molar-refractivity contribution in [2.75, 3.05) is 19.7 Å². The zero-order valence-electron chi connectivity index (χ0n) is 11.1. The number of hydrogen-bond acceptors (Lipinski definition) is 3. The van der Waals surface area contributed by atoms with E-state index in [1.54, 1.807) is 6.07 Å². The number of aliphatic hydroxyl groups excluding tert-OH is 1. The van der Waals surface area contributed by atoms with Gasteiger partial charge in [-0.05, 0) is 17.7 Å². The Kier molecular flexibility index (Phi) is 3.34. The van der Waals surface area contributed by atoms with Crippen LogP contribution in [0.3, 0.4) is 0 Å². The van der Waals surface area contributed by atoms with Crippen molar-refractivity contribution in [2.24, 2.45) is 0 Å². The summed E-state index contributed by atoms with van der Waals surface area (Å²) in [6.07, 6.45) is 0. The van der Waals surface area contributed by atoms with Gasteiger partial charge in [-0.3, -0.25) is 4.79 Å². The summed E-state index contributed by atoms with van der Waals surface area (Å²) >= 11 is 0. The van der Waals surface area contributed by atoms with Gasteiger partial charge in [-0.15, -0.1) is 0 Å². The van der Waals surface area contributed by atoms with Crippen LogP contribution in [0.1, 0.15) is 11.6 Å². The lowest BCUT2D eigenvalue weighted by Crippen LogP contribution is -2.44. The number of nitrogens with one attached hydrogen (secondary N) is 2. The Morgan fingerprint density at radius 1 is 1.38 bits per heavy atom. The minimum atomic E-state index is -0.680. The molecule has 1 aromatic carbocycles. The van der Waals surface area contributed by atoms with Crippen LogP contribution in [0.25, 0.3) is 0 Å². The first-order valence-corrected chi connectivity index (χ1v) is 6.56. The zero-order chi connectivity index (χ0) is 15.0. The van der Waals surface area contributed by atoms with Crippen LogP contribution in [0, 0.1) is 5.82 Å². The van der Waals surface area contributed by atoms with Crippen molar-refractivity contribution in [2.45, 2.75) is 6.04 Å². The van der Waals surface area contributed by atoms with Gasteiger partial charge in [0.15, 0.2) is 0 Å². The van der Waals surface area contributed by atoms with Crippen molar-refractivity contribution >= 4 is 11.9 Å². The lowest BCUT2D eigenvalue weighted by molar-refractivity contribution is -0.126. The van der Waals surface area contributed by atoms with E-state index in [9.17, 15) is 14.0 Å². The number of carbonyl (C=O) groups excluding carboxylic acids is 2. The van der Waals surface area contributed by atoms with E-state index in [0.717, 1.165) is 0 Å². The number of benzene rings is 1. The highest BCUT2D eigenvalue weighted by molar-refractivity contribution is 6.01. The molecule has 0 spiro atoms. The molecule has 1 aromatic rings. The third kappa shape index (κ3) is 2.36. The Labute approximate surface area is 120 Å². The van der Waals surface area contributed by atoms with Gasteiger partial charge in [-0.2, -0.15) is 0 Å². The number of hydrogen-bond donors (Lipinski definition) is 3. The highest BCUT2D eigenvalue weighted by Crippen LogP contribution is 2.32. The number of aliphatic hydroxyl groups is 1. The summed E-state index contributed by atoms with van der Waals surface area (Å²) in [7, 11) is 0. The summed E-state index contributed by atoms with van der Waals surface area (Å²) in [4.78, 5) is 25.5. The number of urea groups is 1. The monoisotopic (exact) mass is 291 g/mol. The smallest absolute Gasteiger partial charge is 0.319 e. The molecule has 0 saturated heterocycles. The minimum Gasteiger partial charge on any atom is -0.395 e. The molecular formula is C14H14FN3O3. The molecule has 110 valence electrons. The lowest BCUT2D eigenvalue weighted by Gasteiger charge is -2.25. The quantitative estimate of drug-likeness (QED) is 0.747. The second kappa shape index (κ2) is 5.17. The normalized spacial score (nSPS) is 21.2. The van der Waals surface area contributed by atoms with Crippen molar-refractivity contribution in [3.05, 3.63) is 46.9 Å². The van der Waals surface area contributed by atoms with E-state index in [2.05, 4.69) is 10.6 Å². The fourth-order valence-electron chi connectivity index (χ4n) is 2.67. The van der Waals surface area contributed by atoms with Crippen LogP contribution in [0.5, 0.6) is 0 Å². The summed E-state index contributed by atoms with van der Waals surface area (Å²) < 4.78 is 13.4. The van der Waals surface area contributed by atoms with E-state index in [0.29, 0.717) is 16.8 Å². The maximum Gasteiger partial charge on any atom is 0.319 e. The molecule has 0 aromatic heterocycles. The first-order valence-electron chi connectivity index (χ1n) is 6.56. The number of rotatable bonds is 3.